The van der Waals surface area contributed by atoms with Crippen LogP contribution in [-0.4, -0.2) is 53.2 Å². The standard InChI is InChI=1S/C22H23FN4O2/c23-18-4-1-3-17(12-18)21(29)27-9-2-7-22(15-27)14-26(10-6-19(22)28)20-11-16(13-24)5-8-25-20/h1,3-5,8,11-12,19,28H,2,6-7,9-10,14-15H2/t19-,22-/m1/s1. The Labute approximate surface area is 169 Å². The molecule has 2 saturated heterocycles. The minimum Gasteiger partial charge on any atom is -0.392 e. The van der Waals surface area contributed by atoms with Gasteiger partial charge >= 0.3 is 0 Å². The second kappa shape index (κ2) is 7.80. The number of hydrogen-bond acceptors (Lipinski definition) is 5. The largest absolute Gasteiger partial charge is 0.392 e. The average Bonchev–Trinajstić information content (AvgIpc) is 2.75. The number of aliphatic hydroxyl groups is 1. The van der Waals surface area contributed by atoms with Gasteiger partial charge in [-0.05, 0) is 49.6 Å². The molecule has 0 saturated carbocycles. The Kier molecular flexibility index (Phi) is 5.20. The Balaban J connectivity index is 1.56. The third-order valence-corrected chi connectivity index (χ3v) is 6.05. The van der Waals surface area contributed by atoms with Crippen LogP contribution in [0.5, 0.6) is 0 Å². The minimum atomic E-state index is -0.527. The third kappa shape index (κ3) is 3.81. The first-order chi connectivity index (χ1) is 14.0. The van der Waals surface area contributed by atoms with E-state index in [0.717, 1.165) is 12.8 Å². The maximum atomic E-state index is 13.6. The molecule has 2 atom stereocenters. The van der Waals surface area contributed by atoms with Crippen LogP contribution in [-0.2, 0) is 0 Å². The number of anilines is 1. The zero-order chi connectivity index (χ0) is 20.4. The summed E-state index contributed by atoms with van der Waals surface area (Å²) in [5, 5.41) is 20.0. The van der Waals surface area contributed by atoms with Crippen molar-refractivity contribution in [2.24, 2.45) is 5.41 Å². The number of benzene rings is 1. The summed E-state index contributed by atoms with van der Waals surface area (Å²) in [4.78, 5) is 21.1. The van der Waals surface area contributed by atoms with Gasteiger partial charge in [-0.1, -0.05) is 6.07 Å². The van der Waals surface area contributed by atoms with E-state index in [1.165, 1.54) is 18.2 Å². The molecule has 1 aromatic heterocycles. The normalized spacial score (nSPS) is 24.4. The summed E-state index contributed by atoms with van der Waals surface area (Å²) < 4.78 is 13.6. The monoisotopic (exact) mass is 394 g/mol. The van der Waals surface area contributed by atoms with Crippen LogP contribution >= 0.6 is 0 Å². The fraction of sp³-hybridized carbons (Fsp3) is 0.409. The fourth-order valence-corrected chi connectivity index (χ4v) is 4.54. The predicted molar refractivity (Wildman–Crippen MR) is 106 cm³/mol. The molecule has 0 radical (unpaired) electrons. The predicted octanol–water partition coefficient (Wildman–Crippen LogP) is 2.59. The molecule has 3 heterocycles. The number of aromatic nitrogens is 1. The van der Waals surface area contributed by atoms with Gasteiger partial charge in [0.2, 0.25) is 0 Å². The van der Waals surface area contributed by atoms with E-state index in [1.807, 2.05) is 0 Å². The Hall–Kier alpha value is -2.98. The Morgan fingerprint density at radius 3 is 2.93 bits per heavy atom. The van der Waals surface area contributed by atoms with E-state index >= 15 is 0 Å². The molecule has 6 nitrogen and oxygen atoms in total. The first-order valence-electron chi connectivity index (χ1n) is 9.85. The average molecular weight is 394 g/mol. The topological polar surface area (TPSA) is 80.5 Å². The van der Waals surface area contributed by atoms with Gasteiger partial charge in [-0.15, -0.1) is 0 Å². The van der Waals surface area contributed by atoms with E-state index in [-0.39, 0.29) is 5.91 Å². The summed E-state index contributed by atoms with van der Waals surface area (Å²) in [5.74, 6) is 0.0660. The summed E-state index contributed by atoms with van der Waals surface area (Å²) in [6.45, 7) is 2.20. The van der Waals surface area contributed by atoms with E-state index in [4.69, 9.17) is 5.26 Å². The first kappa shape index (κ1) is 19.3. The fourth-order valence-electron chi connectivity index (χ4n) is 4.54. The smallest absolute Gasteiger partial charge is 0.253 e. The highest BCUT2D eigenvalue weighted by Crippen LogP contribution is 2.40. The van der Waals surface area contributed by atoms with Gasteiger partial charge in [0, 0.05) is 43.4 Å². The molecule has 0 unspecified atom stereocenters. The van der Waals surface area contributed by atoms with Crippen LogP contribution in [0, 0.1) is 22.6 Å². The van der Waals surface area contributed by atoms with Gasteiger partial charge in [0.15, 0.2) is 0 Å². The van der Waals surface area contributed by atoms with Gasteiger partial charge < -0.3 is 14.9 Å². The van der Waals surface area contributed by atoms with Crippen molar-refractivity contribution in [2.45, 2.75) is 25.4 Å². The number of hydrogen-bond donors (Lipinski definition) is 1. The molecule has 2 fully saturated rings. The van der Waals surface area contributed by atoms with Crippen molar-refractivity contribution in [1.82, 2.24) is 9.88 Å². The third-order valence-electron chi connectivity index (χ3n) is 6.05. The molecule has 2 aliphatic rings. The van der Waals surface area contributed by atoms with Crippen LogP contribution in [0.25, 0.3) is 0 Å². The quantitative estimate of drug-likeness (QED) is 0.847. The van der Waals surface area contributed by atoms with E-state index in [2.05, 4.69) is 16.0 Å². The number of nitrogens with zero attached hydrogens (tertiary/aromatic N) is 4. The lowest BCUT2D eigenvalue weighted by Gasteiger charge is -2.51. The van der Waals surface area contributed by atoms with Gasteiger partial charge in [0.25, 0.3) is 5.91 Å². The molecule has 1 aromatic carbocycles. The summed E-state index contributed by atoms with van der Waals surface area (Å²) in [6, 6.07) is 11.3. The second-order valence-corrected chi connectivity index (χ2v) is 7.94. The molecular formula is C22H23FN4O2. The van der Waals surface area contributed by atoms with Crippen molar-refractivity contribution in [3.63, 3.8) is 0 Å². The highest BCUT2D eigenvalue weighted by atomic mass is 19.1. The molecule has 7 heteroatoms. The van der Waals surface area contributed by atoms with Gasteiger partial charge in [0.1, 0.15) is 11.6 Å². The number of pyridine rings is 1. The maximum absolute atomic E-state index is 13.6. The lowest BCUT2D eigenvalue weighted by atomic mass is 9.71. The Bertz CT molecular complexity index is 960. The Morgan fingerprint density at radius 1 is 1.28 bits per heavy atom. The van der Waals surface area contributed by atoms with Crippen LogP contribution in [0.15, 0.2) is 42.6 Å². The second-order valence-electron chi connectivity index (χ2n) is 7.94. The van der Waals surface area contributed by atoms with E-state index in [1.54, 1.807) is 29.3 Å². The van der Waals surface area contributed by atoms with Crippen LogP contribution in [0.3, 0.4) is 0 Å². The maximum Gasteiger partial charge on any atom is 0.253 e. The van der Waals surface area contributed by atoms with Crippen molar-refractivity contribution in [1.29, 1.82) is 5.26 Å². The summed E-state index contributed by atoms with van der Waals surface area (Å²) in [5.41, 5.74) is 0.401. The number of aliphatic hydroxyl groups excluding tert-OH is 1. The molecular weight excluding hydrogens is 371 g/mol. The van der Waals surface area contributed by atoms with Gasteiger partial charge in [0.05, 0.1) is 17.7 Å². The van der Waals surface area contributed by atoms with Crippen LogP contribution < -0.4 is 4.90 Å². The highest BCUT2D eigenvalue weighted by Gasteiger charge is 2.46. The lowest BCUT2D eigenvalue weighted by molar-refractivity contribution is -0.0362. The Morgan fingerprint density at radius 2 is 2.14 bits per heavy atom. The number of piperidine rings is 2. The van der Waals surface area contributed by atoms with Gasteiger partial charge in [-0.3, -0.25) is 4.79 Å². The van der Waals surface area contributed by atoms with E-state index in [9.17, 15) is 14.3 Å². The van der Waals surface area contributed by atoms with Crippen LogP contribution in [0.4, 0.5) is 10.2 Å². The van der Waals surface area contributed by atoms with Crippen LogP contribution in [0.1, 0.15) is 35.2 Å². The molecule has 0 bridgehead atoms. The molecule has 0 aliphatic carbocycles. The molecule has 2 aliphatic heterocycles. The molecule has 1 N–H and O–H groups in total. The summed E-state index contributed by atoms with van der Waals surface area (Å²) in [6.07, 6.45) is 3.24. The summed E-state index contributed by atoms with van der Waals surface area (Å²) in [7, 11) is 0. The van der Waals surface area contributed by atoms with Crippen molar-refractivity contribution in [3.8, 4) is 6.07 Å². The molecule has 150 valence electrons. The number of nitriles is 1. The van der Waals surface area contributed by atoms with E-state index < -0.39 is 17.3 Å². The molecule has 1 amide bonds. The zero-order valence-electron chi connectivity index (χ0n) is 16.1. The number of halogens is 1. The SMILES string of the molecule is N#Cc1ccnc(N2CC[C@@H](O)[C@]3(CCCN(C(=O)c4cccc(F)c4)C3)C2)c1. The molecule has 1 spiro atoms. The number of carbonyl (C=O) groups is 1. The molecule has 4 rings (SSSR count). The summed E-state index contributed by atoms with van der Waals surface area (Å²) >= 11 is 0. The van der Waals surface area contributed by atoms with Gasteiger partial charge in [-0.25, -0.2) is 9.37 Å². The van der Waals surface area contributed by atoms with Crippen molar-refractivity contribution >= 4 is 11.7 Å². The van der Waals surface area contributed by atoms with E-state index in [0.29, 0.717) is 49.5 Å². The van der Waals surface area contributed by atoms with Gasteiger partial charge in [-0.2, -0.15) is 5.26 Å². The number of amides is 1. The lowest BCUT2D eigenvalue weighted by Crippen LogP contribution is -2.60. The minimum absolute atomic E-state index is 0.211. The highest BCUT2D eigenvalue weighted by molar-refractivity contribution is 5.94. The number of rotatable bonds is 2. The molecule has 29 heavy (non-hydrogen) atoms. The van der Waals surface area contributed by atoms with Crippen molar-refractivity contribution in [3.05, 3.63) is 59.5 Å². The van der Waals surface area contributed by atoms with Crippen molar-refractivity contribution < 1.29 is 14.3 Å². The first-order valence-corrected chi connectivity index (χ1v) is 9.85. The van der Waals surface area contributed by atoms with Crippen molar-refractivity contribution in [2.75, 3.05) is 31.1 Å². The number of carbonyl (C=O) groups excluding carboxylic acids is 1. The number of likely N-dealkylation sites (tertiary alicyclic amines) is 1. The molecule has 2 aromatic rings. The zero-order valence-corrected chi connectivity index (χ0v) is 16.1. The van der Waals surface area contributed by atoms with Crippen LogP contribution in [0.2, 0.25) is 0 Å².